The summed E-state index contributed by atoms with van der Waals surface area (Å²) in [6.45, 7) is 4.56. The molecule has 0 unspecified atom stereocenters. The average Bonchev–Trinajstić information content (AvgIpc) is 2.56. The third-order valence-corrected chi connectivity index (χ3v) is 6.34. The van der Waals surface area contributed by atoms with Crippen molar-refractivity contribution >= 4 is 29.6 Å². The standard InChI is InChI=1S/C20H34NS2/c1-4-6-8-12-16-22-20(23-17-13-9-7-5-2)18-19-14-10-11-15-21(19)3/h10-11,14-15,18H,4-9,12-13,16-17H2,1-3H3/q+1. The predicted molar refractivity (Wildman–Crippen MR) is 109 cm³/mol. The zero-order valence-electron chi connectivity index (χ0n) is 15.2. The smallest absolute Gasteiger partial charge is 0.201 e. The maximum absolute atomic E-state index is 2.37. The number of hydrogen-bond acceptors (Lipinski definition) is 2. The van der Waals surface area contributed by atoms with Crippen LogP contribution in [0.15, 0.2) is 28.6 Å². The molecule has 0 bridgehead atoms. The van der Waals surface area contributed by atoms with E-state index in [1.165, 1.54) is 72.8 Å². The van der Waals surface area contributed by atoms with E-state index in [2.05, 4.69) is 79.5 Å². The Hall–Kier alpha value is -0.410. The first kappa shape index (κ1) is 20.6. The van der Waals surface area contributed by atoms with Crippen LogP contribution in [0.25, 0.3) is 6.08 Å². The van der Waals surface area contributed by atoms with Crippen molar-refractivity contribution in [1.29, 1.82) is 0 Å². The van der Waals surface area contributed by atoms with Gasteiger partial charge in [-0.1, -0.05) is 52.4 Å². The minimum atomic E-state index is 1.25. The molecule has 130 valence electrons. The van der Waals surface area contributed by atoms with Crippen LogP contribution in [-0.4, -0.2) is 11.5 Å². The molecule has 23 heavy (non-hydrogen) atoms. The van der Waals surface area contributed by atoms with Crippen LogP contribution in [0, 0.1) is 0 Å². The molecule has 3 heteroatoms. The summed E-state index contributed by atoms with van der Waals surface area (Å²) < 4.78 is 3.69. The van der Waals surface area contributed by atoms with Crippen LogP contribution in [-0.2, 0) is 7.05 Å². The number of nitrogens with zero attached hydrogens (tertiary/aromatic N) is 1. The van der Waals surface area contributed by atoms with E-state index in [4.69, 9.17) is 0 Å². The van der Waals surface area contributed by atoms with E-state index >= 15 is 0 Å². The van der Waals surface area contributed by atoms with Gasteiger partial charge in [0.1, 0.15) is 7.05 Å². The highest BCUT2D eigenvalue weighted by molar-refractivity contribution is 8.22. The number of pyridine rings is 1. The summed E-state index contributed by atoms with van der Waals surface area (Å²) in [7, 11) is 2.13. The fraction of sp³-hybridized carbons (Fsp3) is 0.650. The lowest BCUT2D eigenvalue weighted by atomic mass is 10.2. The molecular formula is C20H34NS2+. The van der Waals surface area contributed by atoms with Crippen molar-refractivity contribution in [3.63, 3.8) is 0 Å². The molecule has 0 atom stereocenters. The monoisotopic (exact) mass is 352 g/mol. The summed E-state index contributed by atoms with van der Waals surface area (Å²) in [5, 5.41) is 0. The highest BCUT2D eigenvalue weighted by Gasteiger charge is 2.06. The predicted octanol–water partition coefficient (Wildman–Crippen LogP) is 6.44. The van der Waals surface area contributed by atoms with E-state index in [-0.39, 0.29) is 0 Å². The highest BCUT2D eigenvalue weighted by atomic mass is 32.2. The zero-order chi connectivity index (χ0) is 16.8. The van der Waals surface area contributed by atoms with Gasteiger partial charge in [0.2, 0.25) is 5.69 Å². The van der Waals surface area contributed by atoms with Crippen molar-refractivity contribution in [2.24, 2.45) is 7.05 Å². The molecule has 0 aromatic carbocycles. The topological polar surface area (TPSA) is 3.88 Å². The fourth-order valence-electron chi connectivity index (χ4n) is 2.34. The molecule has 0 aliphatic carbocycles. The SMILES string of the molecule is CCCCCCSC(=Cc1cccc[n+]1C)SCCCCCC. The molecule has 1 heterocycles. The van der Waals surface area contributed by atoms with Gasteiger partial charge in [-0.2, -0.15) is 0 Å². The molecule has 0 spiro atoms. The minimum absolute atomic E-state index is 1.25. The lowest BCUT2D eigenvalue weighted by Gasteiger charge is -2.07. The molecule has 1 aromatic heterocycles. The zero-order valence-corrected chi connectivity index (χ0v) is 16.9. The Bertz CT molecular complexity index is 427. The van der Waals surface area contributed by atoms with Crippen molar-refractivity contribution in [2.45, 2.75) is 65.2 Å². The second kappa shape index (κ2) is 14.0. The highest BCUT2D eigenvalue weighted by Crippen LogP contribution is 2.32. The molecule has 0 saturated carbocycles. The van der Waals surface area contributed by atoms with Gasteiger partial charge in [-0.05, 0) is 30.4 Å². The van der Waals surface area contributed by atoms with E-state index in [9.17, 15) is 0 Å². The Morgan fingerprint density at radius 1 is 0.913 bits per heavy atom. The van der Waals surface area contributed by atoms with Crippen molar-refractivity contribution in [2.75, 3.05) is 11.5 Å². The van der Waals surface area contributed by atoms with Crippen LogP contribution in [0.3, 0.4) is 0 Å². The summed E-state index contributed by atoms with van der Waals surface area (Å²) in [6, 6.07) is 6.42. The van der Waals surface area contributed by atoms with Crippen LogP contribution < -0.4 is 4.57 Å². The molecule has 0 aliphatic heterocycles. The van der Waals surface area contributed by atoms with Crippen molar-refractivity contribution in [3.05, 3.63) is 34.3 Å². The minimum Gasteiger partial charge on any atom is -0.201 e. The lowest BCUT2D eigenvalue weighted by Crippen LogP contribution is -2.30. The molecule has 1 rings (SSSR count). The fourth-order valence-corrected chi connectivity index (χ4v) is 4.68. The van der Waals surface area contributed by atoms with Crippen LogP contribution in [0.5, 0.6) is 0 Å². The molecule has 0 saturated heterocycles. The normalized spacial score (nSPS) is 10.7. The Morgan fingerprint density at radius 3 is 2.04 bits per heavy atom. The van der Waals surface area contributed by atoms with Crippen LogP contribution in [0.2, 0.25) is 0 Å². The molecule has 1 nitrogen and oxygen atoms in total. The molecular weight excluding hydrogens is 318 g/mol. The van der Waals surface area contributed by atoms with Gasteiger partial charge in [0.15, 0.2) is 6.20 Å². The van der Waals surface area contributed by atoms with Gasteiger partial charge in [0, 0.05) is 22.4 Å². The average molecular weight is 353 g/mol. The van der Waals surface area contributed by atoms with Gasteiger partial charge in [-0.25, -0.2) is 4.57 Å². The molecule has 0 aliphatic rings. The van der Waals surface area contributed by atoms with Crippen LogP contribution in [0.4, 0.5) is 0 Å². The Kier molecular flexibility index (Phi) is 12.5. The van der Waals surface area contributed by atoms with Crippen molar-refractivity contribution in [1.82, 2.24) is 0 Å². The van der Waals surface area contributed by atoms with Crippen molar-refractivity contribution in [3.8, 4) is 0 Å². The van der Waals surface area contributed by atoms with E-state index in [1.54, 1.807) is 0 Å². The third-order valence-electron chi connectivity index (χ3n) is 3.85. The van der Waals surface area contributed by atoms with Gasteiger partial charge in [0.25, 0.3) is 0 Å². The molecule has 0 fully saturated rings. The lowest BCUT2D eigenvalue weighted by molar-refractivity contribution is -0.673. The van der Waals surface area contributed by atoms with Crippen molar-refractivity contribution < 1.29 is 4.57 Å². The maximum Gasteiger partial charge on any atom is 0.206 e. The van der Waals surface area contributed by atoms with E-state index in [0.717, 1.165) is 0 Å². The van der Waals surface area contributed by atoms with Gasteiger partial charge in [-0.15, -0.1) is 23.5 Å². The number of thioether (sulfide) groups is 2. The number of aromatic nitrogens is 1. The molecule has 0 amide bonds. The number of hydrogen-bond donors (Lipinski definition) is 0. The summed E-state index contributed by atoms with van der Waals surface area (Å²) in [4.78, 5) is 0. The summed E-state index contributed by atoms with van der Waals surface area (Å²) >= 11 is 4.10. The first-order valence-electron chi connectivity index (χ1n) is 9.19. The van der Waals surface area contributed by atoms with E-state index in [1.807, 2.05) is 0 Å². The second-order valence-corrected chi connectivity index (χ2v) is 8.55. The van der Waals surface area contributed by atoms with Gasteiger partial charge in [-0.3, -0.25) is 0 Å². The summed E-state index contributed by atoms with van der Waals surface area (Å²) in [5.41, 5.74) is 1.30. The van der Waals surface area contributed by atoms with Gasteiger partial charge < -0.3 is 0 Å². The Balaban J connectivity index is 2.51. The number of rotatable bonds is 13. The number of aryl methyl sites for hydroxylation is 1. The second-order valence-electron chi connectivity index (χ2n) is 6.02. The van der Waals surface area contributed by atoms with Gasteiger partial charge >= 0.3 is 0 Å². The molecule has 0 radical (unpaired) electrons. The number of unbranched alkanes of at least 4 members (excludes halogenated alkanes) is 6. The van der Waals surface area contributed by atoms with Crippen LogP contribution >= 0.6 is 23.5 Å². The summed E-state index contributed by atoms with van der Waals surface area (Å²) in [6.07, 6.45) is 15.3. The third kappa shape index (κ3) is 10.1. The van der Waals surface area contributed by atoms with Crippen LogP contribution in [0.1, 0.15) is 70.9 Å². The van der Waals surface area contributed by atoms with Gasteiger partial charge in [0.05, 0.1) is 0 Å². The first-order valence-corrected chi connectivity index (χ1v) is 11.2. The summed E-state index contributed by atoms with van der Waals surface area (Å²) in [5.74, 6) is 2.51. The largest absolute Gasteiger partial charge is 0.206 e. The van der Waals surface area contributed by atoms with E-state index < -0.39 is 0 Å². The Labute approximate surface area is 152 Å². The first-order chi connectivity index (χ1) is 11.3. The molecule has 0 N–H and O–H groups in total. The quantitative estimate of drug-likeness (QED) is 0.297. The van der Waals surface area contributed by atoms with E-state index in [0.29, 0.717) is 0 Å². The molecule has 1 aromatic rings. The Morgan fingerprint density at radius 2 is 1.52 bits per heavy atom. The maximum atomic E-state index is 2.37.